The second-order valence-corrected chi connectivity index (χ2v) is 6.18. The minimum absolute atomic E-state index is 0.121. The van der Waals surface area contributed by atoms with E-state index < -0.39 is 0 Å². The summed E-state index contributed by atoms with van der Waals surface area (Å²) in [6, 6.07) is 16.3. The maximum absolute atomic E-state index is 9.44. The lowest BCUT2D eigenvalue weighted by atomic mass is 9.86. The number of rotatable bonds is 1. The van der Waals surface area contributed by atoms with Crippen LogP contribution in [0.25, 0.3) is 16.9 Å². The molecular formula is C18H17N3. The Labute approximate surface area is 124 Å². The molecular weight excluding hydrogens is 258 g/mol. The number of pyridine rings is 1. The first-order chi connectivity index (χ1) is 10.0. The molecule has 0 saturated carbocycles. The first kappa shape index (κ1) is 13.4. The lowest BCUT2D eigenvalue weighted by Gasteiger charge is -2.18. The van der Waals surface area contributed by atoms with E-state index >= 15 is 0 Å². The van der Waals surface area contributed by atoms with Crippen LogP contribution in [-0.4, -0.2) is 9.38 Å². The van der Waals surface area contributed by atoms with E-state index in [0.29, 0.717) is 5.69 Å². The van der Waals surface area contributed by atoms with E-state index in [1.165, 1.54) is 5.56 Å². The molecule has 0 spiro atoms. The van der Waals surface area contributed by atoms with E-state index in [1.807, 2.05) is 40.9 Å². The van der Waals surface area contributed by atoms with Gasteiger partial charge in [-0.1, -0.05) is 51.1 Å². The fraction of sp³-hybridized carbons (Fsp3) is 0.222. The fourth-order valence-corrected chi connectivity index (χ4v) is 2.43. The van der Waals surface area contributed by atoms with E-state index in [2.05, 4.69) is 44.0 Å². The first-order valence-electron chi connectivity index (χ1n) is 6.99. The molecule has 2 heterocycles. The zero-order chi connectivity index (χ0) is 15.0. The van der Waals surface area contributed by atoms with E-state index in [0.717, 1.165) is 16.9 Å². The Kier molecular flexibility index (Phi) is 3.03. The number of fused-ring (bicyclic) bond motifs is 1. The van der Waals surface area contributed by atoms with Crippen molar-refractivity contribution >= 4 is 5.65 Å². The Hall–Kier alpha value is -2.60. The van der Waals surface area contributed by atoms with Gasteiger partial charge >= 0.3 is 0 Å². The molecule has 0 saturated heterocycles. The highest BCUT2D eigenvalue weighted by atomic mass is 15.0. The van der Waals surface area contributed by atoms with Crippen molar-refractivity contribution in [2.24, 2.45) is 0 Å². The monoisotopic (exact) mass is 275 g/mol. The summed E-state index contributed by atoms with van der Waals surface area (Å²) in [5, 5.41) is 9.44. The van der Waals surface area contributed by atoms with Crippen molar-refractivity contribution in [2.75, 3.05) is 0 Å². The van der Waals surface area contributed by atoms with Crippen LogP contribution in [0.3, 0.4) is 0 Å². The van der Waals surface area contributed by atoms with Gasteiger partial charge in [-0.05, 0) is 23.1 Å². The molecule has 0 amide bonds. The predicted molar refractivity (Wildman–Crippen MR) is 84.0 cm³/mol. The summed E-state index contributed by atoms with van der Waals surface area (Å²) < 4.78 is 1.83. The van der Waals surface area contributed by atoms with Crippen molar-refractivity contribution in [3.63, 3.8) is 0 Å². The van der Waals surface area contributed by atoms with Gasteiger partial charge in [-0.3, -0.25) is 4.40 Å². The quantitative estimate of drug-likeness (QED) is 0.668. The van der Waals surface area contributed by atoms with Crippen LogP contribution in [-0.2, 0) is 5.41 Å². The van der Waals surface area contributed by atoms with Crippen LogP contribution >= 0.6 is 0 Å². The van der Waals surface area contributed by atoms with Gasteiger partial charge in [0.1, 0.15) is 17.4 Å². The third kappa shape index (κ3) is 2.30. The third-order valence-corrected chi connectivity index (χ3v) is 3.66. The van der Waals surface area contributed by atoms with Crippen molar-refractivity contribution < 1.29 is 0 Å². The number of benzene rings is 1. The number of hydrogen-bond donors (Lipinski definition) is 0. The number of aromatic nitrogens is 2. The van der Waals surface area contributed by atoms with Crippen LogP contribution in [0.1, 0.15) is 32.0 Å². The molecule has 0 aliphatic carbocycles. The lowest BCUT2D eigenvalue weighted by molar-refractivity contribution is 0.590. The molecule has 3 heteroatoms. The minimum atomic E-state index is 0.121. The van der Waals surface area contributed by atoms with Crippen molar-refractivity contribution in [1.29, 1.82) is 5.26 Å². The summed E-state index contributed by atoms with van der Waals surface area (Å²) in [7, 11) is 0. The van der Waals surface area contributed by atoms with Crippen LogP contribution in [0, 0.1) is 11.3 Å². The van der Waals surface area contributed by atoms with Crippen LogP contribution in [0.2, 0.25) is 0 Å². The van der Waals surface area contributed by atoms with Crippen molar-refractivity contribution in [3.05, 3.63) is 59.9 Å². The van der Waals surface area contributed by atoms with E-state index in [-0.39, 0.29) is 5.41 Å². The van der Waals surface area contributed by atoms with Gasteiger partial charge in [-0.15, -0.1) is 0 Å². The summed E-state index contributed by atoms with van der Waals surface area (Å²) in [5.41, 5.74) is 4.48. The summed E-state index contributed by atoms with van der Waals surface area (Å²) in [6.45, 7) is 6.56. The van der Waals surface area contributed by atoms with Gasteiger partial charge < -0.3 is 0 Å². The zero-order valence-corrected chi connectivity index (χ0v) is 12.5. The summed E-state index contributed by atoms with van der Waals surface area (Å²) in [6.07, 6.45) is 1.87. The number of nitrogens with zero attached hydrogens (tertiary/aromatic N) is 3. The highest BCUT2D eigenvalue weighted by molar-refractivity contribution is 5.69. The van der Waals surface area contributed by atoms with E-state index in [1.54, 1.807) is 0 Å². The average molecular weight is 275 g/mol. The van der Waals surface area contributed by atoms with E-state index in [4.69, 9.17) is 0 Å². The van der Waals surface area contributed by atoms with Crippen molar-refractivity contribution in [2.45, 2.75) is 26.2 Å². The summed E-state index contributed by atoms with van der Waals surface area (Å²) in [5.74, 6) is 0. The summed E-state index contributed by atoms with van der Waals surface area (Å²) >= 11 is 0. The molecule has 3 nitrogen and oxygen atoms in total. The highest BCUT2D eigenvalue weighted by Gasteiger charge is 2.16. The van der Waals surface area contributed by atoms with Crippen molar-refractivity contribution in [3.8, 4) is 17.3 Å². The molecule has 21 heavy (non-hydrogen) atoms. The Morgan fingerprint density at radius 3 is 2.38 bits per heavy atom. The van der Waals surface area contributed by atoms with Gasteiger partial charge in [0.15, 0.2) is 5.69 Å². The molecule has 0 radical (unpaired) electrons. The molecule has 0 aliphatic rings. The molecule has 0 unspecified atom stereocenters. The molecule has 2 aromatic heterocycles. The second-order valence-electron chi connectivity index (χ2n) is 6.18. The Balaban J connectivity index is 2.15. The SMILES string of the molecule is CC(C)(C)c1ccc(-c2nc3ccccn3c2C#N)cc1. The van der Waals surface area contributed by atoms with Crippen LogP contribution in [0.5, 0.6) is 0 Å². The minimum Gasteiger partial charge on any atom is -0.291 e. The largest absolute Gasteiger partial charge is 0.291 e. The first-order valence-corrected chi connectivity index (χ1v) is 6.99. The molecule has 3 aromatic rings. The normalized spacial score (nSPS) is 11.5. The van der Waals surface area contributed by atoms with E-state index in [9.17, 15) is 5.26 Å². The molecule has 0 N–H and O–H groups in total. The molecule has 0 atom stereocenters. The van der Waals surface area contributed by atoms with Gasteiger partial charge in [-0.2, -0.15) is 5.26 Å². The van der Waals surface area contributed by atoms with Gasteiger partial charge in [0, 0.05) is 11.8 Å². The fourth-order valence-electron chi connectivity index (χ4n) is 2.43. The smallest absolute Gasteiger partial charge is 0.152 e. The maximum atomic E-state index is 9.44. The standard InChI is InChI=1S/C18H17N3/c1-18(2,3)14-9-7-13(8-10-14)17-15(12-19)21-11-5-4-6-16(21)20-17/h4-11H,1-3H3. The zero-order valence-electron chi connectivity index (χ0n) is 12.5. The van der Waals surface area contributed by atoms with Gasteiger partial charge in [0.05, 0.1) is 0 Å². The van der Waals surface area contributed by atoms with Crippen LogP contribution < -0.4 is 0 Å². The van der Waals surface area contributed by atoms with Crippen molar-refractivity contribution in [1.82, 2.24) is 9.38 Å². The maximum Gasteiger partial charge on any atom is 0.152 e. The molecule has 0 aliphatic heterocycles. The van der Waals surface area contributed by atoms with Crippen LogP contribution in [0.15, 0.2) is 48.7 Å². The number of hydrogen-bond acceptors (Lipinski definition) is 2. The average Bonchev–Trinajstić information content (AvgIpc) is 2.85. The number of nitriles is 1. The van der Waals surface area contributed by atoms with Crippen LogP contribution in [0.4, 0.5) is 0 Å². The Morgan fingerprint density at radius 1 is 1.05 bits per heavy atom. The second kappa shape index (κ2) is 4.75. The third-order valence-electron chi connectivity index (χ3n) is 3.66. The topological polar surface area (TPSA) is 41.1 Å². The van der Waals surface area contributed by atoms with Gasteiger partial charge in [0.2, 0.25) is 0 Å². The molecule has 104 valence electrons. The summed E-state index contributed by atoms with van der Waals surface area (Å²) in [4.78, 5) is 4.59. The lowest BCUT2D eigenvalue weighted by Crippen LogP contribution is -2.10. The Bertz CT molecular complexity index is 828. The molecule has 3 rings (SSSR count). The highest BCUT2D eigenvalue weighted by Crippen LogP contribution is 2.28. The van der Waals surface area contributed by atoms with Gasteiger partial charge in [0.25, 0.3) is 0 Å². The predicted octanol–water partition coefficient (Wildman–Crippen LogP) is 4.17. The molecule has 0 fully saturated rings. The molecule has 1 aromatic carbocycles. The van der Waals surface area contributed by atoms with Gasteiger partial charge in [-0.25, -0.2) is 4.98 Å². The Morgan fingerprint density at radius 2 is 1.76 bits per heavy atom. The molecule has 0 bridgehead atoms. The number of imidazole rings is 1.